The topological polar surface area (TPSA) is 90.3 Å². The largest absolute Gasteiger partial charge is 0.378 e. The molecule has 3 heterocycles. The smallest absolute Gasteiger partial charge is 0.278 e. The van der Waals surface area contributed by atoms with Gasteiger partial charge in [0, 0.05) is 18.5 Å². The van der Waals surface area contributed by atoms with Crippen LogP contribution in [0.2, 0.25) is 0 Å². The van der Waals surface area contributed by atoms with Gasteiger partial charge in [-0.15, -0.1) is 11.3 Å². The van der Waals surface area contributed by atoms with Crippen LogP contribution in [0.15, 0.2) is 9.90 Å². The zero-order valence-electron chi connectivity index (χ0n) is 10.6. The van der Waals surface area contributed by atoms with E-state index in [4.69, 9.17) is 15.0 Å². The summed E-state index contributed by atoms with van der Waals surface area (Å²) in [6, 6.07) is -0.0830. The van der Waals surface area contributed by atoms with Gasteiger partial charge in [-0.3, -0.25) is 0 Å². The van der Waals surface area contributed by atoms with E-state index in [0.717, 1.165) is 18.1 Å². The maximum Gasteiger partial charge on any atom is 0.278 e. The zero-order valence-corrected chi connectivity index (χ0v) is 11.4. The molecule has 1 atom stereocenters. The second kappa shape index (κ2) is 5.24. The van der Waals surface area contributed by atoms with Crippen molar-refractivity contribution in [2.45, 2.75) is 13.0 Å². The molecule has 19 heavy (non-hydrogen) atoms. The highest BCUT2D eigenvalue weighted by atomic mass is 32.1. The summed E-state index contributed by atoms with van der Waals surface area (Å²) in [7, 11) is 0. The SMILES string of the molecule is CC(N)c1nc(-c2nc(N3CCOCC3)no2)cs1. The summed E-state index contributed by atoms with van der Waals surface area (Å²) in [6.07, 6.45) is 0. The molecule has 2 aromatic heterocycles. The van der Waals surface area contributed by atoms with Crippen LogP contribution in [-0.2, 0) is 4.74 Å². The summed E-state index contributed by atoms with van der Waals surface area (Å²) in [5, 5.41) is 6.73. The fourth-order valence-corrected chi connectivity index (χ4v) is 2.56. The highest BCUT2D eigenvalue weighted by molar-refractivity contribution is 7.10. The number of morpholine rings is 1. The Bertz CT molecular complexity index is 547. The normalized spacial score (nSPS) is 17.7. The molecule has 2 N–H and O–H groups in total. The molecule has 3 rings (SSSR count). The molecule has 0 radical (unpaired) electrons. The van der Waals surface area contributed by atoms with Crippen LogP contribution >= 0.6 is 11.3 Å². The molecule has 0 spiro atoms. The molecule has 0 saturated carbocycles. The number of nitrogens with zero attached hydrogens (tertiary/aromatic N) is 4. The van der Waals surface area contributed by atoms with Crippen LogP contribution in [0.3, 0.4) is 0 Å². The van der Waals surface area contributed by atoms with Gasteiger partial charge in [0.25, 0.3) is 11.8 Å². The van der Waals surface area contributed by atoms with E-state index in [1.165, 1.54) is 11.3 Å². The fraction of sp³-hybridized carbons (Fsp3) is 0.545. The number of hydrogen-bond donors (Lipinski definition) is 1. The monoisotopic (exact) mass is 281 g/mol. The van der Waals surface area contributed by atoms with Crippen molar-refractivity contribution in [3.05, 3.63) is 10.4 Å². The van der Waals surface area contributed by atoms with E-state index < -0.39 is 0 Å². The third-order valence-electron chi connectivity index (χ3n) is 2.84. The molecule has 102 valence electrons. The third kappa shape index (κ3) is 2.60. The number of anilines is 1. The molecule has 2 aromatic rings. The van der Waals surface area contributed by atoms with Gasteiger partial charge in [-0.05, 0) is 12.1 Å². The number of hydrogen-bond acceptors (Lipinski definition) is 8. The van der Waals surface area contributed by atoms with Gasteiger partial charge in [0.1, 0.15) is 10.7 Å². The molecule has 8 heteroatoms. The van der Waals surface area contributed by atoms with Gasteiger partial charge in [0.2, 0.25) is 0 Å². The molecule has 1 fully saturated rings. The van der Waals surface area contributed by atoms with Crippen molar-refractivity contribution in [1.29, 1.82) is 0 Å². The molecule has 1 aliphatic heterocycles. The van der Waals surface area contributed by atoms with Crippen LogP contribution in [0.25, 0.3) is 11.6 Å². The van der Waals surface area contributed by atoms with E-state index in [1.54, 1.807) is 0 Å². The molecule has 1 saturated heterocycles. The van der Waals surface area contributed by atoms with Gasteiger partial charge in [-0.25, -0.2) is 4.98 Å². The maximum absolute atomic E-state index is 5.79. The van der Waals surface area contributed by atoms with Crippen molar-refractivity contribution >= 4 is 17.3 Å². The van der Waals surface area contributed by atoms with Crippen molar-refractivity contribution in [3.8, 4) is 11.6 Å². The van der Waals surface area contributed by atoms with E-state index in [0.29, 0.717) is 30.7 Å². The molecule has 0 bridgehead atoms. The summed E-state index contributed by atoms with van der Waals surface area (Å²) in [5.74, 6) is 1.03. The van der Waals surface area contributed by atoms with Crippen molar-refractivity contribution in [3.63, 3.8) is 0 Å². The quantitative estimate of drug-likeness (QED) is 0.899. The molecule has 7 nitrogen and oxygen atoms in total. The fourth-order valence-electron chi connectivity index (χ4n) is 1.81. The van der Waals surface area contributed by atoms with Crippen LogP contribution < -0.4 is 10.6 Å². The third-order valence-corrected chi connectivity index (χ3v) is 3.89. The minimum Gasteiger partial charge on any atom is -0.378 e. The van der Waals surface area contributed by atoms with Gasteiger partial charge in [-0.2, -0.15) is 4.98 Å². The molecule has 0 amide bonds. The van der Waals surface area contributed by atoms with Crippen molar-refractivity contribution < 1.29 is 9.26 Å². The Morgan fingerprint density at radius 2 is 2.16 bits per heavy atom. The second-order valence-corrected chi connectivity index (χ2v) is 5.25. The first-order chi connectivity index (χ1) is 9.24. The Balaban J connectivity index is 1.79. The standard InChI is InChI=1S/C11H15N5O2S/c1-7(12)10-13-8(6-19-10)9-14-11(15-18-9)16-2-4-17-5-3-16/h6-7H,2-5,12H2,1H3. The van der Waals surface area contributed by atoms with Crippen LogP contribution in [0.5, 0.6) is 0 Å². The van der Waals surface area contributed by atoms with E-state index in [9.17, 15) is 0 Å². The molecule has 1 aliphatic rings. The summed E-state index contributed by atoms with van der Waals surface area (Å²) < 4.78 is 10.5. The maximum atomic E-state index is 5.79. The van der Waals surface area contributed by atoms with E-state index in [2.05, 4.69) is 15.1 Å². The summed E-state index contributed by atoms with van der Waals surface area (Å²) in [6.45, 7) is 4.84. The van der Waals surface area contributed by atoms with E-state index in [-0.39, 0.29) is 6.04 Å². The van der Waals surface area contributed by atoms with Crippen LogP contribution in [-0.4, -0.2) is 41.4 Å². The minimum absolute atomic E-state index is 0.0830. The first-order valence-electron chi connectivity index (χ1n) is 6.12. The molecule has 0 aromatic carbocycles. The van der Waals surface area contributed by atoms with Crippen molar-refractivity contribution in [2.24, 2.45) is 5.73 Å². The predicted molar refractivity (Wildman–Crippen MR) is 71.0 cm³/mol. The summed E-state index contributed by atoms with van der Waals surface area (Å²) in [5.41, 5.74) is 6.47. The number of ether oxygens (including phenoxy) is 1. The van der Waals surface area contributed by atoms with Crippen LogP contribution in [0.1, 0.15) is 18.0 Å². The number of nitrogens with two attached hydrogens (primary N) is 1. The lowest BCUT2D eigenvalue weighted by molar-refractivity contribution is 0.121. The highest BCUT2D eigenvalue weighted by Crippen LogP contribution is 2.24. The van der Waals surface area contributed by atoms with Crippen LogP contribution in [0.4, 0.5) is 5.95 Å². The van der Waals surface area contributed by atoms with E-state index in [1.807, 2.05) is 17.2 Å². The van der Waals surface area contributed by atoms with Gasteiger partial charge in [0.05, 0.1) is 19.3 Å². The van der Waals surface area contributed by atoms with Crippen molar-refractivity contribution in [2.75, 3.05) is 31.2 Å². The van der Waals surface area contributed by atoms with Crippen molar-refractivity contribution in [1.82, 2.24) is 15.1 Å². The molecule has 1 unspecified atom stereocenters. The van der Waals surface area contributed by atoms with Gasteiger partial charge >= 0.3 is 0 Å². The Morgan fingerprint density at radius 3 is 2.84 bits per heavy atom. The first-order valence-corrected chi connectivity index (χ1v) is 7.00. The predicted octanol–water partition coefficient (Wildman–Crippen LogP) is 1.05. The van der Waals surface area contributed by atoms with Crippen LogP contribution in [0, 0.1) is 0 Å². The van der Waals surface area contributed by atoms with E-state index >= 15 is 0 Å². The molecule has 0 aliphatic carbocycles. The Kier molecular flexibility index (Phi) is 3.45. The zero-order chi connectivity index (χ0) is 13.2. The Morgan fingerprint density at radius 1 is 1.37 bits per heavy atom. The number of aromatic nitrogens is 3. The molecular weight excluding hydrogens is 266 g/mol. The highest BCUT2D eigenvalue weighted by Gasteiger charge is 2.19. The lowest BCUT2D eigenvalue weighted by Crippen LogP contribution is -2.36. The summed E-state index contributed by atoms with van der Waals surface area (Å²) >= 11 is 1.50. The lowest BCUT2D eigenvalue weighted by Gasteiger charge is -2.24. The average molecular weight is 281 g/mol. The molecular formula is C11H15N5O2S. The second-order valence-electron chi connectivity index (χ2n) is 4.36. The Labute approximate surface area is 114 Å². The first kappa shape index (κ1) is 12.5. The van der Waals surface area contributed by atoms with Gasteiger partial charge in [-0.1, -0.05) is 0 Å². The number of rotatable bonds is 3. The Hall–Kier alpha value is -1.51. The average Bonchev–Trinajstić information content (AvgIpc) is 3.09. The number of thiazole rings is 1. The lowest BCUT2D eigenvalue weighted by atomic mass is 10.4. The minimum atomic E-state index is -0.0830. The van der Waals surface area contributed by atoms with Gasteiger partial charge in [0.15, 0.2) is 0 Å². The van der Waals surface area contributed by atoms with Gasteiger partial charge < -0.3 is 19.9 Å². The summed E-state index contributed by atoms with van der Waals surface area (Å²) in [4.78, 5) is 10.8.